The van der Waals surface area contributed by atoms with Gasteiger partial charge in [-0.25, -0.2) is 0 Å². The topological polar surface area (TPSA) is 41.6 Å². The van der Waals surface area contributed by atoms with Crippen molar-refractivity contribution in [2.75, 3.05) is 30.5 Å². The van der Waals surface area contributed by atoms with Crippen LogP contribution in [0.5, 0.6) is 0 Å². The molecule has 4 heteroatoms. The van der Waals surface area contributed by atoms with Crippen LogP contribution in [0.15, 0.2) is 24.3 Å². The fourth-order valence-electron chi connectivity index (χ4n) is 2.42. The zero-order valence-electron chi connectivity index (χ0n) is 11.7. The second-order valence-electron chi connectivity index (χ2n) is 4.87. The molecule has 104 valence electrons. The number of hydrogen-bond donors (Lipinski definition) is 1. The standard InChI is InChI=1S/C15H22N2O2/c1-3-12(11-19-2)16-13-7-4-5-8-14(13)17-10-6-9-15(17)18/h4-5,7-8,12,16H,3,6,9-11H2,1-2H3. The van der Waals surface area contributed by atoms with Crippen LogP contribution >= 0.6 is 0 Å². The molecular formula is C15H22N2O2. The Balaban J connectivity index is 2.18. The van der Waals surface area contributed by atoms with Gasteiger partial charge in [0.1, 0.15) is 0 Å². The summed E-state index contributed by atoms with van der Waals surface area (Å²) in [6, 6.07) is 8.27. The highest BCUT2D eigenvalue weighted by Crippen LogP contribution is 2.30. The van der Waals surface area contributed by atoms with E-state index in [-0.39, 0.29) is 11.9 Å². The summed E-state index contributed by atoms with van der Waals surface area (Å²) in [5.41, 5.74) is 2.00. The van der Waals surface area contributed by atoms with Gasteiger partial charge >= 0.3 is 0 Å². The third-order valence-electron chi connectivity index (χ3n) is 3.49. The Morgan fingerprint density at radius 3 is 2.84 bits per heavy atom. The summed E-state index contributed by atoms with van der Waals surface area (Å²) in [5.74, 6) is 0.217. The number of carbonyl (C=O) groups excluding carboxylic acids is 1. The van der Waals surface area contributed by atoms with E-state index in [4.69, 9.17) is 4.74 Å². The van der Waals surface area contributed by atoms with Crippen LogP contribution < -0.4 is 10.2 Å². The highest BCUT2D eigenvalue weighted by Gasteiger charge is 2.24. The third-order valence-corrected chi connectivity index (χ3v) is 3.49. The summed E-state index contributed by atoms with van der Waals surface area (Å²) in [6.07, 6.45) is 2.59. The van der Waals surface area contributed by atoms with E-state index < -0.39 is 0 Å². The second kappa shape index (κ2) is 6.57. The van der Waals surface area contributed by atoms with Gasteiger partial charge in [0.15, 0.2) is 0 Å². The van der Waals surface area contributed by atoms with Crippen molar-refractivity contribution in [2.45, 2.75) is 32.2 Å². The Labute approximate surface area is 114 Å². The first-order chi connectivity index (χ1) is 9.26. The maximum absolute atomic E-state index is 11.9. The Morgan fingerprint density at radius 2 is 2.21 bits per heavy atom. The summed E-state index contributed by atoms with van der Waals surface area (Å²) in [7, 11) is 1.71. The van der Waals surface area contributed by atoms with Crippen LogP contribution in [0.1, 0.15) is 26.2 Å². The maximum Gasteiger partial charge on any atom is 0.227 e. The van der Waals surface area contributed by atoms with E-state index in [0.717, 1.165) is 30.8 Å². The number of nitrogens with zero attached hydrogens (tertiary/aromatic N) is 1. The third kappa shape index (κ3) is 3.26. The Hall–Kier alpha value is -1.55. The van der Waals surface area contributed by atoms with E-state index >= 15 is 0 Å². The van der Waals surface area contributed by atoms with Crippen LogP contribution in [0.3, 0.4) is 0 Å². The molecule has 19 heavy (non-hydrogen) atoms. The van der Waals surface area contributed by atoms with E-state index in [1.165, 1.54) is 0 Å². The van der Waals surface area contributed by atoms with Gasteiger partial charge in [-0.2, -0.15) is 0 Å². The zero-order chi connectivity index (χ0) is 13.7. The van der Waals surface area contributed by atoms with Gasteiger partial charge in [0, 0.05) is 26.1 Å². The average molecular weight is 262 g/mol. The number of rotatable bonds is 6. The molecule has 1 unspecified atom stereocenters. The summed E-state index contributed by atoms with van der Waals surface area (Å²) in [5, 5.41) is 3.48. The van der Waals surface area contributed by atoms with Gasteiger partial charge < -0.3 is 15.0 Å². The number of carbonyl (C=O) groups is 1. The largest absolute Gasteiger partial charge is 0.383 e. The van der Waals surface area contributed by atoms with Gasteiger partial charge in [0.2, 0.25) is 5.91 Å². The van der Waals surface area contributed by atoms with Crippen LogP contribution in [0, 0.1) is 0 Å². The van der Waals surface area contributed by atoms with Crippen LogP contribution in [-0.2, 0) is 9.53 Å². The molecule has 0 radical (unpaired) electrons. The van der Waals surface area contributed by atoms with Gasteiger partial charge in [0.25, 0.3) is 0 Å². The molecule has 1 fully saturated rings. The highest BCUT2D eigenvalue weighted by atomic mass is 16.5. The molecule has 1 aromatic rings. The lowest BCUT2D eigenvalue weighted by Crippen LogP contribution is -2.28. The molecular weight excluding hydrogens is 240 g/mol. The number of amides is 1. The van der Waals surface area contributed by atoms with Crippen LogP contribution in [0.4, 0.5) is 11.4 Å². The van der Waals surface area contributed by atoms with Gasteiger partial charge in [0.05, 0.1) is 18.0 Å². The zero-order valence-corrected chi connectivity index (χ0v) is 11.7. The maximum atomic E-state index is 11.9. The number of methoxy groups -OCH3 is 1. The molecule has 1 aliphatic heterocycles. The number of ether oxygens (including phenoxy) is 1. The van der Waals surface area contributed by atoms with Crippen LogP contribution in [-0.4, -0.2) is 32.2 Å². The van der Waals surface area contributed by atoms with Gasteiger partial charge in [-0.1, -0.05) is 19.1 Å². The van der Waals surface area contributed by atoms with Crippen molar-refractivity contribution in [3.8, 4) is 0 Å². The fraction of sp³-hybridized carbons (Fsp3) is 0.533. The van der Waals surface area contributed by atoms with Gasteiger partial charge in [-0.15, -0.1) is 0 Å². The van der Waals surface area contributed by atoms with E-state index in [1.54, 1.807) is 7.11 Å². The average Bonchev–Trinajstić information content (AvgIpc) is 2.85. The first-order valence-corrected chi connectivity index (χ1v) is 6.91. The van der Waals surface area contributed by atoms with Crippen molar-refractivity contribution in [3.63, 3.8) is 0 Å². The molecule has 0 spiro atoms. The first kappa shape index (κ1) is 13.9. The lowest BCUT2D eigenvalue weighted by atomic mass is 10.2. The number of hydrogen-bond acceptors (Lipinski definition) is 3. The molecule has 1 aliphatic rings. The molecule has 1 aromatic carbocycles. The summed E-state index contributed by atoms with van der Waals surface area (Å²) in [6.45, 7) is 3.61. The number of benzene rings is 1. The molecule has 2 rings (SSSR count). The minimum Gasteiger partial charge on any atom is -0.383 e. The molecule has 1 heterocycles. The predicted molar refractivity (Wildman–Crippen MR) is 77.6 cm³/mol. The highest BCUT2D eigenvalue weighted by molar-refractivity contribution is 5.98. The summed E-state index contributed by atoms with van der Waals surface area (Å²) in [4.78, 5) is 13.8. The molecule has 0 bridgehead atoms. The molecule has 1 saturated heterocycles. The summed E-state index contributed by atoms with van der Waals surface area (Å²) < 4.78 is 5.21. The summed E-state index contributed by atoms with van der Waals surface area (Å²) >= 11 is 0. The van der Waals surface area contributed by atoms with Gasteiger partial charge in [-0.05, 0) is 25.0 Å². The molecule has 0 aromatic heterocycles. The van der Waals surface area contributed by atoms with Crippen LogP contribution in [0.25, 0.3) is 0 Å². The molecule has 0 saturated carbocycles. The van der Waals surface area contributed by atoms with Crippen LogP contribution in [0.2, 0.25) is 0 Å². The van der Waals surface area contributed by atoms with E-state index in [2.05, 4.69) is 12.2 Å². The molecule has 4 nitrogen and oxygen atoms in total. The minimum atomic E-state index is 0.217. The van der Waals surface area contributed by atoms with E-state index in [9.17, 15) is 4.79 Å². The molecule has 1 N–H and O–H groups in total. The smallest absolute Gasteiger partial charge is 0.227 e. The molecule has 1 amide bonds. The van der Waals surface area contributed by atoms with Crippen molar-refractivity contribution in [1.29, 1.82) is 0 Å². The predicted octanol–water partition coefficient (Wildman–Crippen LogP) is 2.65. The quantitative estimate of drug-likeness (QED) is 0.857. The Morgan fingerprint density at radius 1 is 1.42 bits per heavy atom. The number of nitrogens with one attached hydrogen (secondary N) is 1. The SMILES string of the molecule is CCC(COC)Nc1ccccc1N1CCCC1=O. The number of para-hydroxylation sites is 2. The Kier molecular flexibility index (Phi) is 4.80. The fourth-order valence-corrected chi connectivity index (χ4v) is 2.42. The minimum absolute atomic E-state index is 0.217. The Bertz CT molecular complexity index is 434. The normalized spacial score (nSPS) is 16.7. The molecule has 1 atom stereocenters. The van der Waals surface area contributed by atoms with Crippen molar-refractivity contribution in [2.24, 2.45) is 0 Å². The van der Waals surface area contributed by atoms with E-state index in [0.29, 0.717) is 13.0 Å². The van der Waals surface area contributed by atoms with Crippen molar-refractivity contribution < 1.29 is 9.53 Å². The van der Waals surface area contributed by atoms with Crippen molar-refractivity contribution >= 4 is 17.3 Å². The van der Waals surface area contributed by atoms with Gasteiger partial charge in [-0.3, -0.25) is 4.79 Å². The lowest BCUT2D eigenvalue weighted by molar-refractivity contribution is -0.117. The van der Waals surface area contributed by atoms with Crippen molar-refractivity contribution in [1.82, 2.24) is 0 Å². The lowest BCUT2D eigenvalue weighted by Gasteiger charge is -2.24. The second-order valence-corrected chi connectivity index (χ2v) is 4.87. The van der Waals surface area contributed by atoms with E-state index in [1.807, 2.05) is 29.2 Å². The number of anilines is 2. The van der Waals surface area contributed by atoms with Crippen molar-refractivity contribution in [3.05, 3.63) is 24.3 Å². The monoisotopic (exact) mass is 262 g/mol. The first-order valence-electron chi connectivity index (χ1n) is 6.91. The molecule has 0 aliphatic carbocycles.